The molecule has 0 spiro atoms. The van der Waals surface area contributed by atoms with Crippen LogP contribution in [0.4, 0.5) is 0 Å². The van der Waals surface area contributed by atoms with Crippen molar-refractivity contribution in [1.29, 1.82) is 0 Å². The van der Waals surface area contributed by atoms with Crippen molar-refractivity contribution in [3.05, 3.63) is 35.9 Å². The second kappa shape index (κ2) is 5.31. The molecule has 4 atom stereocenters. The second-order valence-corrected chi connectivity index (χ2v) is 5.84. The zero-order valence-electron chi connectivity index (χ0n) is 13.1. The molecule has 3 rings (SSSR count). The maximum Gasteiger partial charge on any atom is 0.345 e. The van der Waals surface area contributed by atoms with E-state index < -0.39 is 35.9 Å². The molecule has 0 radical (unpaired) electrons. The topological polar surface area (TPSA) is 63.2 Å². The van der Waals surface area contributed by atoms with Gasteiger partial charge in [-0.2, -0.15) is 0 Å². The Hall–Kier alpha value is -1.47. The first kappa shape index (κ1) is 15.4. The number of benzene rings is 1. The lowest BCUT2D eigenvalue weighted by Gasteiger charge is -2.32. The largest absolute Gasteiger partial charge is 0.467 e. The van der Waals surface area contributed by atoms with Crippen molar-refractivity contribution in [1.82, 2.24) is 0 Å². The zero-order valence-corrected chi connectivity index (χ0v) is 13.1. The molecule has 2 aliphatic rings. The van der Waals surface area contributed by atoms with Gasteiger partial charge in [-0.05, 0) is 19.4 Å². The van der Waals surface area contributed by atoms with Gasteiger partial charge in [0.1, 0.15) is 12.2 Å². The number of ether oxygens (including phenoxy) is 5. The van der Waals surface area contributed by atoms with Crippen LogP contribution in [0.1, 0.15) is 19.4 Å². The van der Waals surface area contributed by atoms with Crippen LogP contribution in [0.5, 0.6) is 0 Å². The number of carbonyl (C=O) groups excluding carboxylic acids is 1. The summed E-state index contributed by atoms with van der Waals surface area (Å²) in [6.45, 7) is 3.59. The molecule has 6 heteroatoms. The minimum Gasteiger partial charge on any atom is -0.467 e. The Morgan fingerprint density at radius 2 is 1.77 bits per heavy atom. The van der Waals surface area contributed by atoms with Crippen molar-refractivity contribution in [2.45, 2.75) is 43.7 Å². The van der Waals surface area contributed by atoms with Gasteiger partial charge < -0.3 is 23.7 Å². The van der Waals surface area contributed by atoms with Crippen LogP contribution in [0, 0.1) is 0 Å². The molecule has 0 saturated carbocycles. The fraction of sp³-hybridized carbons (Fsp3) is 0.562. The van der Waals surface area contributed by atoms with E-state index in [1.807, 2.05) is 18.2 Å². The normalized spacial score (nSPS) is 36.1. The van der Waals surface area contributed by atoms with Gasteiger partial charge >= 0.3 is 5.97 Å². The Kier molecular flexibility index (Phi) is 3.72. The third-order valence-electron chi connectivity index (χ3n) is 4.02. The summed E-state index contributed by atoms with van der Waals surface area (Å²) in [7, 11) is 2.83. The van der Waals surface area contributed by atoms with E-state index in [0.717, 1.165) is 0 Å². The summed E-state index contributed by atoms with van der Waals surface area (Å²) in [6, 6.07) is 9.14. The third-order valence-corrected chi connectivity index (χ3v) is 4.02. The Bertz CT molecular complexity index is 557. The highest BCUT2D eigenvalue weighted by molar-refractivity contribution is 5.83. The van der Waals surface area contributed by atoms with Gasteiger partial charge in [0.25, 0.3) is 0 Å². The summed E-state index contributed by atoms with van der Waals surface area (Å²) in [4.78, 5) is 12.6. The average Bonchev–Trinajstić information content (AvgIpc) is 2.99. The molecule has 0 amide bonds. The molecular weight excluding hydrogens is 288 g/mol. The Morgan fingerprint density at radius 1 is 1.09 bits per heavy atom. The highest BCUT2D eigenvalue weighted by Gasteiger charge is 2.68. The molecule has 2 heterocycles. The molecule has 6 nitrogen and oxygen atoms in total. The number of methoxy groups -OCH3 is 2. The van der Waals surface area contributed by atoms with Gasteiger partial charge in [0.15, 0.2) is 12.1 Å². The maximum absolute atomic E-state index is 12.6. The van der Waals surface area contributed by atoms with E-state index in [9.17, 15) is 4.79 Å². The quantitative estimate of drug-likeness (QED) is 0.790. The van der Waals surface area contributed by atoms with E-state index in [1.165, 1.54) is 14.2 Å². The van der Waals surface area contributed by atoms with Crippen molar-refractivity contribution in [2.24, 2.45) is 0 Å². The van der Waals surface area contributed by atoms with Crippen LogP contribution < -0.4 is 0 Å². The number of esters is 1. The van der Waals surface area contributed by atoms with Crippen molar-refractivity contribution < 1.29 is 28.5 Å². The molecule has 2 saturated heterocycles. The highest BCUT2D eigenvalue weighted by Crippen LogP contribution is 2.49. The summed E-state index contributed by atoms with van der Waals surface area (Å²) in [6.07, 6.45) is -1.88. The van der Waals surface area contributed by atoms with Gasteiger partial charge in [-0.3, -0.25) is 0 Å². The van der Waals surface area contributed by atoms with Crippen molar-refractivity contribution in [3.63, 3.8) is 0 Å². The molecule has 2 fully saturated rings. The van der Waals surface area contributed by atoms with Crippen molar-refractivity contribution in [3.8, 4) is 0 Å². The fourth-order valence-electron chi connectivity index (χ4n) is 3.15. The molecule has 2 aliphatic heterocycles. The summed E-state index contributed by atoms with van der Waals surface area (Å²) >= 11 is 0. The van der Waals surface area contributed by atoms with E-state index >= 15 is 0 Å². The monoisotopic (exact) mass is 308 g/mol. The first-order valence-electron chi connectivity index (χ1n) is 7.15. The van der Waals surface area contributed by atoms with Gasteiger partial charge in [-0.25, -0.2) is 4.79 Å². The van der Waals surface area contributed by atoms with Crippen LogP contribution in [-0.4, -0.2) is 44.5 Å². The number of hydrogen-bond donors (Lipinski definition) is 0. The van der Waals surface area contributed by atoms with Gasteiger partial charge in [0.05, 0.1) is 7.11 Å². The molecular formula is C16H20O6. The molecule has 22 heavy (non-hydrogen) atoms. The van der Waals surface area contributed by atoms with E-state index in [1.54, 1.807) is 26.0 Å². The Labute approximate surface area is 129 Å². The number of carbonyl (C=O) groups is 1. The van der Waals surface area contributed by atoms with E-state index in [2.05, 4.69) is 0 Å². The zero-order chi connectivity index (χ0) is 16.0. The molecule has 0 N–H and O–H groups in total. The van der Waals surface area contributed by atoms with E-state index in [4.69, 9.17) is 23.7 Å². The predicted molar refractivity (Wildman–Crippen MR) is 75.8 cm³/mol. The number of hydrogen-bond acceptors (Lipinski definition) is 6. The van der Waals surface area contributed by atoms with Gasteiger partial charge in [-0.1, -0.05) is 30.3 Å². The lowest BCUT2D eigenvalue weighted by Crippen LogP contribution is -2.48. The SMILES string of the molecule is COC(=O)[C@@]1(c2ccccc2)O[C@H](OC)[C@@H]2OC(C)(C)O[C@@H]21. The third kappa shape index (κ3) is 2.14. The van der Waals surface area contributed by atoms with Crippen molar-refractivity contribution in [2.75, 3.05) is 14.2 Å². The minimum absolute atomic E-state index is 0.515. The van der Waals surface area contributed by atoms with Crippen LogP contribution in [-0.2, 0) is 34.1 Å². The number of rotatable bonds is 3. The van der Waals surface area contributed by atoms with Gasteiger partial charge in [0.2, 0.25) is 5.60 Å². The predicted octanol–water partition coefficient (Wildman–Crippen LogP) is 1.58. The van der Waals surface area contributed by atoms with Crippen LogP contribution in [0.25, 0.3) is 0 Å². The first-order valence-corrected chi connectivity index (χ1v) is 7.15. The van der Waals surface area contributed by atoms with Crippen molar-refractivity contribution >= 4 is 5.97 Å². The molecule has 0 bridgehead atoms. The first-order chi connectivity index (χ1) is 10.4. The van der Waals surface area contributed by atoms with Gasteiger partial charge in [0, 0.05) is 7.11 Å². The summed E-state index contributed by atoms with van der Waals surface area (Å²) in [5, 5.41) is 0. The minimum atomic E-state index is -1.41. The van der Waals surface area contributed by atoms with Gasteiger partial charge in [-0.15, -0.1) is 0 Å². The Balaban J connectivity index is 2.12. The summed E-state index contributed by atoms with van der Waals surface area (Å²) in [5.74, 6) is -1.36. The fourth-order valence-corrected chi connectivity index (χ4v) is 3.15. The van der Waals surface area contributed by atoms with E-state index in [-0.39, 0.29) is 0 Å². The van der Waals surface area contributed by atoms with Crippen LogP contribution in [0.3, 0.4) is 0 Å². The van der Waals surface area contributed by atoms with Crippen LogP contribution in [0.2, 0.25) is 0 Å². The van der Waals surface area contributed by atoms with Crippen LogP contribution >= 0.6 is 0 Å². The molecule has 120 valence electrons. The smallest absolute Gasteiger partial charge is 0.345 e. The standard InChI is InChI=1S/C16H20O6/c1-15(2)20-11-12(21-15)16(14(17)19-4,22-13(11)18-3)10-8-6-5-7-9-10/h5-9,11-13H,1-4H3/t11-,12+,13+,16+/m1/s1. The van der Waals surface area contributed by atoms with E-state index in [0.29, 0.717) is 5.56 Å². The Morgan fingerprint density at radius 3 is 2.36 bits per heavy atom. The molecule has 0 unspecified atom stereocenters. The highest BCUT2D eigenvalue weighted by atomic mass is 16.8. The lowest BCUT2D eigenvalue weighted by molar-refractivity contribution is -0.255. The van der Waals surface area contributed by atoms with Crippen LogP contribution in [0.15, 0.2) is 30.3 Å². The lowest BCUT2D eigenvalue weighted by atomic mass is 9.87. The summed E-state index contributed by atoms with van der Waals surface area (Å²) in [5.41, 5.74) is -0.757. The molecule has 1 aromatic carbocycles. The average molecular weight is 308 g/mol. The molecule has 0 aromatic heterocycles. The second-order valence-electron chi connectivity index (χ2n) is 5.84. The molecule has 0 aliphatic carbocycles. The molecule has 1 aromatic rings. The number of fused-ring (bicyclic) bond motifs is 1. The summed E-state index contributed by atoms with van der Waals surface area (Å²) < 4.78 is 28.1. The maximum atomic E-state index is 12.6.